The van der Waals surface area contributed by atoms with Crippen molar-refractivity contribution in [1.82, 2.24) is 4.98 Å². The quantitative estimate of drug-likeness (QED) is 0.867. The van der Waals surface area contributed by atoms with Gasteiger partial charge in [0.25, 0.3) is 0 Å². The molecule has 23 heavy (non-hydrogen) atoms. The molecule has 1 aliphatic heterocycles. The van der Waals surface area contributed by atoms with Gasteiger partial charge in [-0.2, -0.15) is 0 Å². The van der Waals surface area contributed by atoms with Gasteiger partial charge in [0.2, 0.25) is 0 Å². The van der Waals surface area contributed by atoms with Crippen molar-refractivity contribution < 1.29 is 9.53 Å². The number of fused-ring (bicyclic) bond motifs is 1. The highest BCUT2D eigenvalue weighted by atomic mass is 35.5. The maximum absolute atomic E-state index is 12.1. The Morgan fingerprint density at radius 3 is 2.78 bits per heavy atom. The van der Waals surface area contributed by atoms with Crippen LogP contribution < -0.4 is 10.2 Å². The fourth-order valence-electron chi connectivity index (χ4n) is 2.61. The Labute approximate surface area is 140 Å². The fraction of sp³-hybridized carbons (Fsp3) is 0.294. The molecule has 1 aromatic carbocycles. The number of hydrogen-bond donors (Lipinski definition) is 1. The lowest BCUT2D eigenvalue weighted by molar-refractivity contribution is -0.145. The van der Waals surface area contributed by atoms with E-state index in [1.807, 2.05) is 55.1 Å². The van der Waals surface area contributed by atoms with E-state index in [0.717, 1.165) is 17.1 Å². The lowest BCUT2D eigenvalue weighted by Crippen LogP contribution is -2.34. The highest BCUT2D eigenvalue weighted by Gasteiger charge is 2.32. The average molecular weight is 332 g/mol. The van der Waals surface area contributed by atoms with Gasteiger partial charge in [-0.1, -0.05) is 23.7 Å². The molecular weight excluding hydrogens is 314 g/mol. The predicted octanol–water partition coefficient (Wildman–Crippen LogP) is 3.62. The zero-order valence-corrected chi connectivity index (χ0v) is 13.7. The molecule has 1 unspecified atom stereocenters. The van der Waals surface area contributed by atoms with E-state index in [1.54, 1.807) is 6.20 Å². The topological polar surface area (TPSA) is 54.5 Å². The number of carbonyl (C=O) groups excluding carboxylic acids is 1. The summed E-state index contributed by atoms with van der Waals surface area (Å²) in [6.45, 7) is 3.83. The number of nitrogens with one attached hydrogen (secondary N) is 1. The SMILES string of the molecule is CC(C)OC(=O)CN1c2cccnc2NC1c1ccc(Cl)cc1. The van der Waals surface area contributed by atoms with Crippen LogP contribution in [-0.2, 0) is 9.53 Å². The van der Waals surface area contributed by atoms with Crippen molar-refractivity contribution in [3.63, 3.8) is 0 Å². The van der Waals surface area contributed by atoms with Crippen LogP contribution >= 0.6 is 11.6 Å². The van der Waals surface area contributed by atoms with Gasteiger partial charge in [-0.3, -0.25) is 4.79 Å². The van der Waals surface area contributed by atoms with Crippen molar-refractivity contribution in [2.45, 2.75) is 26.1 Å². The summed E-state index contributed by atoms with van der Waals surface area (Å²) in [5.41, 5.74) is 1.89. The molecule has 0 radical (unpaired) electrons. The summed E-state index contributed by atoms with van der Waals surface area (Å²) in [6, 6.07) is 11.3. The molecule has 0 fully saturated rings. The van der Waals surface area contributed by atoms with E-state index in [9.17, 15) is 4.79 Å². The highest BCUT2D eigenvalue weighted by Crippen LogP contribution is 2.39. The van der Waals surface area contributed by atoms with Gasteiger partial charge in [-0.05, 0) is 43.7 Å². The second-order valence-electron chi connectivity index (χ2n) is 5.64. The van der Waals surface area contributed by atoms with Crippen molar-refractivity contribution in [1.29, 1.82) is 0 Å². The van der Waals surface area contributed by atoms with Gasteiger partial charge >= 0.3 is 5.97 Å². The van der Waals surface area contributed by atoms with Crippen molar-refractivity contribution in [3.8, 4) is 0 Å². The Bertz CT molecular complexity index is 703. The summed E-state index contributed by atoms with van der Waals surface area (Å²) in [5, 5.41) is 4.02. The van der Waals surface area contributed by atoms with Crippen LogP contribution in [0.15, 0.2) is 42.6 Å². The summed E-state index contributed by atoms with van der Waals surface area (Å²) in [7, 11) is 0. The molecule has 3 rings (SSSR count). The molecule has 1 aliphatic rings. The minimum absolute atomic E-state index is 0.139. The number of pyridine rings is 1. The van der Waals surface area contributed by atoms with E-state index in [0.29, 0.717) is 5.02 Å². The van der Waals surface area contributed by atoms with E-state index in [2.05, 4.69) is 10.3 Å². The molecule has 0 amide bonds. The van der Waals surface area contributed by atoms with Crippen LogP contribution in [0.3, 0.4) is 0 Å². The molecule has 0 saturated carbocycles. The lowest BCUT2D eigenvalue weighted by atomic mass is 10.1. The minimum Gasteiger partial charge on any atom is -0.462 e. The number of rotatable bonds is 4. The van der Waals surface area contributed by atoms with Gasteiger partial charge in [0.15, 0.2) is 5.82 Å². The molecule has 1 atom stereocenters. The third-order valence-corrected chi connectivity index (χ3v) is 3.79. The Morgan fingerprint density at radius 1 is 1.35 bits per heavy atom. The molecule has 0 spiro atoms. The van der Waals surface area contributed by atoms with E-state index in [-0.39, 0.29) is 24.8 Å². The van der Waals surface area contributed by atoms with Crippen molar-refractivity contribution in [3.05, 3.63) is 53.2 Å². The number of halogens is 1. The number of aromatic nitrogens is 1. The number of benzene rings is 1. The normalized spacial score (nSPS) is 16.2. The Kier molecular flexibility index (Phi) is 4.39. The highest BCUT2D eigenvalue weighted by molar-refractivity contribution is 6.30. The van der Waals surface area contributed by atoms with Gasteiger partial charge in [-0.15, -0.1) is 0 Å². The molecule has 5 nitrogen and oxygen atoms in total. The number of hydrogen-bond acceptors (Lipinski definition) is 5. The molecule has 1 N–H and O–H groups in total. The molecule has 2 heterocycles. The van der Waals surface area contributed by atoms with Crippen LogP contribution in [0.1, 0.15) is 25.6 Å². The molecular formula is C17H18ClN3O2. The van der Waals surface area contributed by atoms with E-state index >= 15 is 0 Å². The standard InChI is InChI=1S/C17H18ClN3O2/c1-11(2)23-15(22)10-21-14-4-3-9-19-16(14)20-17(21)12-5-7-13(18)8-6-12/h3-9,11,17H,10H2,1-2H3,(H,19,20). The smallest absolute Gasteiger partial charge is 0.325 e. The molecule has 0 aliphatic carbocycles. The first-order valence-corrected chi connectivity index (χ1v) is 7.85. The van der Waals surface area contributed by atoms with Crippen LogP contribution in [0.4, 0.5) is 11.5 Å². The first-order chi connectivity index (χ1) is 11.0. The molecule has 120 valence electrons. The number of carbonyl (C=O) groups is 1. The van der Waals surface area contributed by atoms with Crippen LogP contribution in [0.5, 0.6) is 0 Å². The maximum Gasteiger partial charge on any atom is 0.325 e. The average Bonchev–Trinajstić information content (AvgIpc) is 2.86. The second kappa shape index (κ2) is 6.46. The summed E-state index contributed by atoms with van der Waals surface area (Å²) in [5.74, 6) is 0.488. The lowest BCUT2D eigenvalue weighted by Gasteiger charge is -2.26. The van der Waals surface area contributed by atoms with E-state index < -0.39 is 0 Å². The zero-order chi connectivity index (χ0) is 16.4. The van der Waals surface area contributed by atoms with Gasteiger partial charge in [0.05, 0.1) is 11.8 Å². The first kappa shape index (κ1) is 15.6. The van der Waals surface area contributed by atoms with Crippen LogP contribution in [0.25, 0.3) is 0 Å². The Balaban J connectivity index is 1.89. The summed E-state index contributed by atoms with van der Waals surface area (Å²) >= 11 is 5.97. The Morgan fingerprint density at radius 2 is 2.09 bits per heavy atom. The van der Waals surface area contributed by atoms with Gasteiger partial charge < -0.3 is 15.0 Å². The van der Waals surface area contributed by atoms with Gasteiger partial charge in [-0.25, -0.2) is 4.98 Å². The summed E-state index contributed by atoms with van der Waals surface area (Å²) in [6.07, 6.45) is 1.40. The van der Waals surface area contributed by atoms with Crippen LogP contribution in [-0.4, -0.2) is 23.6 Å². The molecule has 2 aromatic rings. The summed E-state index contributed by atoms with van der Waals surface area (Å²) < 4.78 is 5.28. The van der Waals surface area contributed by atoms with E-state index in [1.165, 1.54) is 0 Å². The maximum atomic E-state index is 12.1. The summed E-state index contributed by atoms with van der Waals surface area (Å²) in [4.78, 5) is 18.4. The largest absolute Gasteiger partial charge is 0.462 e. The molecule has 1 aromatic heterocycles. The number of esters is 1. The van der Waals surface area contributed by atoms with Crippen molar-refractivity contribution in [2.24, 2.45) is 0 Å². The molecule has 0 saturated heterocycles. The monoisotopic (exact) mass is 331 g/mol. The predicted molar refractivity (Wildman–Crippen MR) is 90.6 cm³/mol. The molecule has 0 bridgehead atoms. The Hall–Kier alpha value is -2.27. The van der Waals surface area contributed by atoms with Crippen molar-refractivity contribution in [2.75, 3.05) is 16.8 Å². The second-order valence-corrected chi connectivity index (χ2v) is 6.07. The van der Waals surface area contributed by atoms with Crippen molar-refractivity contribution >= 4 is 29.1 Å². The molecule has 6 heteroatoms. The van der Waals surface area contributed by atoms with Crippen LogP contribution in [0, 0.1) is 0 Å². The fourth-order valence-corrected chi connectivity index (χ4v) is 2.74. The number of anilines is 2. The van der Waals surface area contributed by atoms with E-state index in [4.69, 9.17) is 16.3 Å². The van der Waals surface area contributed by atoms with Gasteiger partial charge in [0, 0.05) is 11.2 Å². The van der Waals surface area contributed by atoms with Crippen LogP contribution in [0.2, 0.25) is 5.02 Å². The number of ether oxygens (including phenoxy) is 1. The first-order valence-electron chi connectivity index (χ1n) is 7.48. The zero-order valence-electron chi connectivity index (χ0n) is 13.0. The minimum atomic E-state index is -0.266. The third kappa shape index (κ3) is 3.40. The third-order valence-electron chi connectivity index (χ3n) is 3.53. The number of nitrogens with zero attached hydrogens (tertiary/aromatic N) is 2. The van der Waals surface area contributed by atoms with Gasteiger partial charge in [0.1, 0.15) is 12.7 Å².